The van der Waals surface area contributed by atoms with Crippen LogP contribution in [0.2, 0.25) is 0 Å². The number of halogens is 2. The van der Waals surface area contributed by atoms with Crippen LogP contribution in [0.5, 0.6) is 0 Å². The summed E-state index contributed by atoms with van der Waals surface area (Å²) in [5.41, 5.74) is 1.77. The van der Waals surface area contributed by atoms with Gasteiger partial charge in [0.1, 0.15) is 11.6 Å². The van der Waals surface area contributed by atoms with E-state index in [0.29, 0.717) is 6.54 Å². The van der Waals surface area contributed by atoms with Crippen molar-refractivity contribution in [3.8, 4) is 0 Å². The van der Waals surface area contributed by atoms with E-state index in [-0.39, 0.29) is 29.7 Å². The van der Waals surface area contributed by atoms with Gasteiger partial charge in [0.05, 0.1) is 18.0 Å². The first-order valence-electron chi connectivity index (χ1n) is 10.4. The molecule has 0 fully saturated rings. The Labute approximate surface area is 197 Å². The molecule has 0 unspecified atom stereocenters. The van der Waals surface area contributed by atoms with Gasteiger partial charge in [-0.2, -0.15) is 4.31 Å². The molecule has 9 heteroatoms. The Hall–Kier alpha value is -2.62. The van der Waals surface area contributed by atoms with E-state index in [4.69, 9.17) is 0 Å². The molecule has 3 rings (SSSR count). The van der Waals surface area contributed by atoms with Crippen LogP contribution < -0.4 is 0 Å². The molecular formula is C24H26F2N2O3S2. The first-order chi connectivity index (χ1) is 15.6. The van der Waals surface area contributed by atoms with E-state index in [2.05, 4.69) is 0 Å². The Bertz CT molecular complexity index is 1190. The smallest absolute Gasteiger partial charge is 0.243 e. The number of aryl methyl sites for hydroxylation is 1. The molecule has 3 aromatic rings. The van der Waals surface area contributed by atoms with Crippen LogP contribution in [-0.2, 0) is 27.9 Å². The lowest BCUT2D eigenvalue weighted by atomic mass is 10.2. The van der Waals surface area contributed by atoms with Crippen molar-refractivity contribution in [3.05, 3.63) is 87.6 Å². The lowest BCUT2D eigenvalue weighted by molar-refractivity contribution is -0.132. The maximum Gasteiger partial charge on any atom is 0.243 e. The van der Waals surface area contributed by atoms with Gasteiger partial charge in [-0.25, -0.2) is 17.2 Å². The van der Waals surface area contributed by atoms with Gasteiger partial charge in [-0.3, -0.25) is 4.79 Å². The molecule has 33 heavy (non-hydrogen) atoms. The van der Waals surface area contributed by atoms with E-state index in [1.54, 1.807) is 30.9 Å². The number of carbonyl (C=O) groups excluding carboxylic acids is 1. The van der Waals surface area contributed by atoms with Crippen LogP contribution in [0.4, 0.5) is 8.78 Å². The summed E-state index contributed by atoms with van der Waals surface area (Å²) in [4.78, 5) is 15.9. The summed E-state index contributed by atoms with van der Waals surface area (Å²) in [5.74, 6) is -1.30. The van der Waals surface area contributed by atoms with Crippen LogP contribution in [0.25, 0.3) is 0 Å². The largest absolute Gasteiger partial charge is 0.332 e. The van der Waals surface area contributed by atoms with Crippen LogP contribution in [0.3, 0.4) is 0 Å². The molecular weight excluding hydrogens is 466 g/mol. The molecule has 2 aromatic carbocycles. The molecule has 0 aliphatic rings. The Morgan fingerprint density at radius 2 is 1.52 bits per heavy atom. The fourth-order valence-corrected chi connectivity index (χ4v) is 5.81. The van der Waals surface area contributed by atoms with Crippen LogP contribution in [0.15, 0.2) is 64.9 Å². The van der Waals surface area contributed by atoms with Gasteiger partial charge in [0.15, 0.2) is 0 Å². The number of carbonyl (C=O) groups is 1. The third kappa shape index (κ3) is 6.25. The first-order valence-corrected chi connectivity index (χ1v) is 12.7. The quantitative estimate of drug-likeness (QED) is 0.424. The number of nitrogens with zero attached hydrogens (tertiary/aromatic N) is 2. The van der Waals surface area contributed by atoms with Crippen LogP contribution in [0, 0.1) is 18.6 Å². The maximum absolute atomic E-state index is 13.4. The monoisotopic (exact) mass is 492 g/mol. The lowest BCUT2D eigenvalue weighted by Gasteiger charge is -2.29. The molecule has 0 radical (unpaired) electrons. The Kier molecular flexibility index (Phi) is 7.99. The highest BCUT2D eigenvalue weighted by molar-refractivity contribution is 7.89. The van der Waals surface area contributed by atoms with Crippen LogP contribution in [0.1, 0.15) is 29.9 Å². The fourth-order valence-electron chi connectivity index (χ4n) is 3.30. The molecule has 176 valence electrons. The van der Waals surface area contributed by atoms with Gasteiger partial charge in [-0.15, -0.1) is 11.3 Å². The van der Waals surface area contributed by atoms with E-state index >= 15 is 0 Å². The number of thiophene rings is 1. The van der Waals surface area contributed by atoms with E-state index in [1.165, 1.54) is 35.6 Å². The van der Waals surface area contributed by atoms with Crippen molar-refractivity contribution in [1.82, 2.24) is 9.21 Å². The second-order valence-electron chi connectivity index (χ2n) is 8.00. The van der Waals surface area contributed by atoms with Gasteiger partial charge in [-0.05, 0) is 79.7 Å². The summed E-state index contributed by atoms with van der Waals surface area (Å²) >= 11 is 1.52. The number of amides is 1. The van der Waals surface area contributed by atoms with Crippen LogP contribution in [-0.4, -0.2) is 36.1 Å². The maximum atomic E-state index is 13.4. The summed E-state index contributed by atoms with van der Waals surface area (Å²) in [6.07, 6.45) is 0. The molecule has 0 aliphatic carbocycles. The first kappa shape index (κ1) is 25.0. The van der Waals surface area contributed by atoms with E-state index in [0.717, 1.165) is 32.4 Å². The molecule has 0 atom stereocenters. The van der Waals surface area contributed by atoms with Gasteiger partial charge < -0.3 is 4.90 Å². The van der Waals surface area contributed by atoms with E-state index < -0.39 is 21.9 Å². The number of sulfonamides is 1. The second-order valence-corrected chi connectivity index (χ2v) is 10.9. The SMILES string of the molecule is Cc1ccsc1CN(Cc1ccc(F)cc1)C(=O)CN(C(C)C)S(=O)(=O)c1ccc(F)cc1. The highest BCUT2D eigenvalue weighted by Gasteiger charge is 2.31. The normalized spacial score (nSPS) is 11.8. The summed E-state index contributed by atoms with van der Waals surface area (Å²) in [5, 5.41) is 1.94. The minimum atomic E-state index is -4.02. The number of benzene rings is 2. The average molecular weight is 493 g/mol. The van der Waals surface area contributed by atoms with Crippen molar-refractivity contribution in [2.24, 2.45) is 0 Å². The molecule has 5 nitrogen and oxygen atoms in total. The van der Waals surface area contributed by atoms with Crippen molar-refractivity contribution >= 4 is 27.3 Å². The van der Waals surface area contributed by atoms with E-state index in [9.17, 15) is 22.0 Å². The van der Waals surface area contributed by atoms with Crippen molar-refractivity contribution in [1.29, 1.82) is 0 Å². The van der Waals surface area contributed by atoms with E-state index in [1.807, 2.05) is 18.4 Å². The summed E-state index contributed by atoms with van der Waals surface area (Å²) in [7, 11) is -4.02. The zero-order valence-electron chi connectivity index (χ0n) is 18.7. The molecule has 0 N–H and O–H groups in total. The van der Waals surface area contributed by atoms with Crippen molar-refractivity contribution in [2.45, 2.75) is 44.8 Å². The second kappa shape index (κ2) is 10.5. The Morgan fingerprint density at radius 3 is 2.03 bits per heavy atom. The molecule has 1 aromatic heterocycles. The lowest BCUT2D eigenvalue weighted by Crippen LogP contribution is -2.45. The molecule has 0 bridgehead atoms. The zero-order chi connectivity index (χ0) is 24.2. The summed E-state index contributed by atoms with van der Waals surface area (Å²) in [6, 6.07) is 11.9. The third-order valence-corrected chi connectivity index (χ3v) is 8.27. The van der Waals surface area contributed by atoms with Crippen LogP contribution >= 0.6 is 11.3 Å². The molecule has 0 spiro atoms. The van der Waals surface area contributed by atoms with Gasteiger partial charge in [0.25, 0.3) is 0 Å². The minimum Gasteiger partial charge on any atom is -0.332 e. The Balaban J connectivity index is 1.88. The van der Waals surface area contributed by atoms with Crippen molar-refractivity contribution in [3.63, 3.8) is 0 Å². The highest BCUT2D eigenvalue weighted by Crippen LogP contribution is 2.22. The predicted molar refractivity (Wildman–Crippen MR) is 125 cm³/mol. The van der Waals surface area contributed by atoms with Crippen molar-refractivity contribution in [2.75, 3.05) is 6.54 Å². The van der Waals surface area contributed by atoms with Gasteiger partial charge in [-0.1, -0.05) is 12.1 Å². The molecule has 0 saturated heterocycles. The van der Waals surface area contributed by atoms with Gasteiger partial charge >= 0.3 is 0 Å². The third-order valence-electron chi connectivity index (χ3n) is 5.23. The zero-order valence-corrected chi connectivity index (χ0v) is 20.3. The molecule has 1 heterocycles. The fraction of sp³-hybridized carbons (Fsp3) is 0.292. The standard InChI is InChI=1S/C24H26F2N2O3S2/c1-17(2)28(33(30,31)22-10-8-21(26)9-11-22)16-24(29)27(15-23-18(3)12-13-32-23)14-19-4-6-20(25)7-5-19/h4-13,17H,14-16H2,1-3H3. The highest BCUT2D eigenvalue weighted by atomic mass is 32.2. The van der Waals surface area contributed by atoms with Gasteiger partial charge in [0, 0.05) is 17.5 Å². The molecule has 0 saturated carbocycles. The Morgan fingerprint density at radius 1 is 0.939 bits per heavy atom. The average Bonchev–Trinajstić information content (AvgIpc) is 3.17. The molecule has 0 aliphatic heterocycles. The molecule has 1 amide bonds. The number of hydrogen-bond donors (Lipinski definition) is 0. The summed E-state index contributed by atoms with van der Waals surface area (Å²) in [6.45, 7) is 5.46. The topological polar surface area (TPSA) is 57.7 Å². The summed E-state index contributed by atoms with van der Waals surface area (Å²) < 4.78 is 54.2. The minimum absolute atomic E-state index is 0.0791. The number of rotatable bonds is 9. The van der Waals surface area contributed by atoms with Crippen molar-refractivity contribution < 1.29 is 22.0 Å². The van der Waals surface area contributed by atoms with Gasteiger partial charge in [0.2, 0.25) is 15.9 Å². The number of hydrogen-bond acceptors (Lipinski definition) is 4. The predicted octanol–water partition coefficient (Wildman–Crippen LogP) is 4.96.